The second-order valence-electron chi connectivity index (χ2n) is 3.78. The maximum atomic E-state index is 12.0. The molecule has 0 aromatic heterocycles. The number of urea groups is 1. The van der Waals surface area contributed by atoms with Gasteiger partial charge < -0.3 is 15.3 Å². The van der Waals surface area contributed by atoms with Crippen molar-refractivity contribution in [3.63, 3.8) is 0 Å². The van der Waals surface area contributed by atoms with Crippen molar-refractivity contribution in [2.45, 2.75) is 13.3 Å². The van der Waals surface area contributed by atoms with Gasteiger partial charge in [0.15, 0.2) is 0 Å². The summed E-state index contributed by atoms with van der Waals surface area (Å²) in [6.07, 6.45) is -0.0705. The molecule has 0 fully saturated rings. The summed E-state index contributed by atoms with van der Waals surface area (Å²) in [5, 5.41) is 12.0. The van der Waals surface area contributed by atoms with Crippen LogP contribution < -0.4 is 5.32 Å². The van der Waals surface area contributed by atoms with Crippen LogP contribution in [0.15, 0.2) is 18.2 Å². The molecule has 5 nitrogen and oxygen atoms in total. The highest BCUT2D eigenvalue weighted by molar-refractivity contribution is 14.1. The van der Waals surface area contributed by atoms with Crippen LogP contribution in [0.2, 0.25) is 5.02 Å². The Labute approximate surface area is 130 Å². The Hall–Kier alpha value is -1.02. The lowest BCUT2D eigenvalue weighted by Gasteiger charge is -2.21. The van der Waals surface area contributed by atoms with Crippen LogP contribution in [-0.4, -0.2) is 35.1 Å². The second-order valence-corrected chi connectivity index (χ2v) is 5.38. The number of carboxylic acids is 1. The van der Waals surface area contributed by atoms with Crippen molar-refractivity contribution in [1.29, 1.82) is 0 Å². The molecule has 0 bridgehead atoms. The number of hydrogen-bond donors (Lipinski definition) is 2. The molecule has 0 spiro atoms. The summed E-state index contributed by atoms with van der Waals surface area (Å²) in [5.74, 6) is -0.924. The van der Waals surface area contributed by atoms with E-state index < -0.39 is 5.97 Å². The maximum absolute atomic E-state index is 12.0. The highest BCUT2D eigenvalue weighted by atomic mass is 127. The van der Waals surface area contributed by atoms with Crippen LogP contribution in [0.4, 0.5) is 10.5 Å². The minimum absolute atomic E-state index is 0.0705. The predicted molar refractivity (Wildman–Crippen MR) is 82.7 cm³/mol. The molecule has 0 unspecified atom stereocenters. The molecular formula is C12H14ClIN2O3. The summed E-state index contributed by atoms with van der Waals surface area (Å²) in [5.41, 5.74) is 0.656. The van der Waals surface area contributed by atoms with Crippen molar-refractivity contribution in [2.24, 2.45) is 0 Å². The van der Waals surface area contributed by atoms with E-state index in [1.165, 1.54) is 4.90 Å². The van der Waals surface area contributed by atoms with Gasteiger partial charge >= 0.3 is 12.0 Å². The van der Waals surface area contributed by atoms with Gasteiger partial charge in [-0.25, -0.2) is 4.79 Å². The summed E-state index contributed by atoms with van der Waals surface area (Å²) in [4.78, 5) is 23.9. The van der Waals surface area contributed by atoms with Crippen molar-refractivity contribution in [1.82, 2.24) is 4.90 Å². The fourth-order valence-corrected chi connectivity index (χ4v) is 2.43. The Balaban J connectivity index is 2.68. The zero-order valence-electron chi connectivity index (χ0n) is 10.3. The molecule has 104 valence electrons. The number of amides is 2. The molecule has 1 rings (SSSR count). The van der Waals surface area contributed by atoms with Gasteiger partial charge in [-0.15, -0.1) is 0 Å². The number of rotatable bonds is 5. The number of carboxylic acid groups (broad SMARTS) is 1. The first kappa shape index (κ1) is 16.0. The Morgan fingerprint density at radius 2 is 2.16 bits per heavy atom. The fourth-order valence-electron chi connectivity index (χ4n) is 1.42. The van der Waals surface area contributed by atoms with Gasteiger partial charge in [-0.05, 0) is 47.7 Å². The van der Waals surface area contributed by atoms with Gasteiger partial charge in [0.05, 0.1) is 12.1 Å². The number of carbonyl (C=O) groups is 2. The summed E-state index contributed by atoms with van der Waals surface area (Å²) in [6.45, 7) is 2.43. The molecule has 19 heavy (non-hydrogen) atoms. The molecule has 0 atom stereocenters. The molecule has 0 saturated heterocycles. The summed E-state index contributed by atoms with van der Waals surface area (Å²) >= 11 is 7.91. The zero-order valence-corrected chi connectivity index (χ0v) is 13.2. The van der Waals surface area contributed by atoms with E-state index in [4.69, 9.17) is 16.7 Å². The molecule has 0 aliphatic heterocycles. The van der Waals surface area contributed by atoms with Gasteiger partial charge in [-0.1, -0.05) is 11.6 Å². The fraction of sp³-hybridized carbons (Fsp3) is 0.333. The molecule has 7 heteroatoms. The van der Waals surface area contributed by atoms with E-state index in [0.717, 1.165) is 3.57 Å². The van der Waals surface area contributed by atoms with Gasteiger partial charge in [0.2, 0.25) is 0 Å². The summed E-state index contributed by atoms with van der Waals surface area (Å²) in [6, 6.07) is 4.83. The number of carbonyl (C=O) groups excluding carboxylic acids is 1. The largest absolute Gasteiger partial charge is 0.481 e. The van der Waals surface area contributed by atoms with Crippen LogP contribution in [-0.2, 0) is 4.79 Å². The molecule has 0 saturated carbocycles. The van der Waals surface area contributed by atoms with E-state index in [0.29, 0.717) is 17.3 Å². The number of hydrogen-bond acceptors (Lipinski definition) is 2. The van der Waals surface area contributed by atoms with Crippen molar-refractivity contribution in [3.8, 4) is 0 Å². The van der Waals surface area contributed by atoms with Crippen LogP contribution in [0.3, 0.4) is 0 Å². The normalized spacial score (nSPS) is 10.1. The van der Waals surface area contributed by atoms with Crippen LogP contribution in [0.1, 0.15) is 13.3 Å². The zero-order chi connectivity index (χ0) is 14.4. The Kier molecular flexibility index (Phi) is 6.36. The van der Waals surface area contributed by atoms with Gasteiger partial charge in [0.1, 0.15) is 0 Å². The van der Waals surface area contributed by atoms with Crippen LogP contribution in [0.5, 0.6) is 0 Å². The number of aliphatic carboxylic acids is 1. The summed E-state index contributed by atoms with van der Waals surface area (Å²) in [7, 11) is 0. The van der Waals surface area contributed by atoms with E-state index in [1.54, 1.807) is 25.1 Å². The average molecular weight is 397 g/mol. The Morgan fingerprint density at radius 1 is 1.47 bits per heavy atom. The minimum atomic E-state index is -0.924. The van der Waals surface area contributed by atoms with Gasteiger partial charge in [0.25, 0.3) is 0 Å². The predicted octanol–water partition coefficient (Wildman–Crippen LogP) is 3.27. The lowest BCUT2D eigenvalue weighted by molar-refractivity contribution is -0.137. The van der Waals surface area contributed by atoms with Crippen molar-refractivity contribution < 1.29 is 14.7 Å². The third kappa shape index (κ3) is 5.23. The van der Waals surface area contributed by atoms with Crippen LogP contribution in [0.25, 0.3) is 0 Å². The van der Waals surface area contributed by atoms with Crippen molar-refractivity contribution in [2.75, 3.05) is 18.4 Å². The molecule has 1 aromatic rings. The van der Waals surface area contributed by atoms with E-state index >= 15 is 0 Å². The highest BCUT2D eigenvalue weighted by Crippen LogP contribution is 2.22. The van der Waals surface area contributed by atoms with Crippen molar-refractivity contribution in [3.05, 3.63) is 26.8 Å². The van der Waals surface area contributed by atoms with E-state index in [-0.39, 0.29) is 19.0 Å². The summed E-state index contributed by atoms with van der Waals surface area (Å²) < 4.78 is 0.827. The van der Waals surface area contributed by atoms with E-state index in [1.807, 2.05) is 0 Å². The highest BCUT2D eigenvalue weighted by Gasteiger charge is 2.14. The van der Waals surface area contributed by atoms with Gasteiger partial charge in [0, 0.05) is 21.7 Å². The number of halogens is 2. The number of anilines is 1. The lowest BCUT2D eigenvalue weighted by Crippen LogP contribution is -2.36. The van der Waals surface area contributed by atoms with Gasteiger partial charge in [-0.2, -0.15) is 0 Å². The van der Waals surface area contributed by atoms with Crippen LogP contribution >= 0.6 is 34.2 Å². The quantitative estimate of drug-likeness (QED) is 0.751. The van der Waals surface area contributed by atoms with Crippen LogP contribution in [0, 0.1) is 3.57 Å². The molecule has 0 heterocycles. The number of nitrogens with one attached hydrogen (secondary N) is 1. The molecule has 2 N–H and O–H groups in total. The molecule has 0 aliphatic rings. The molecular weight excluding hydrogens is 382 g/mol. The molecule has 2 amide bonds. The van der Waals surface area contributed by atoms with E-state index in [2.05, 4.69) is 27.9 Å². The topological polar surface area (TPSA) is 69.6 Å². The second kappa shape index (κ2) is 7.54. The first-order valence-electron chi connectivity index (χ1n) is 5.66. The Bertz CT molecular complexity index is 482. The third-order valence-electron chi connectivity index (χ3n) is 2.44. The molecule has 0 radical (unpaired) electrons. The molecule has 0 aliphatic carbocycles. The number of benzene rings is 1. The lowest BCUT2D eigenvalue weighted by atomic mass is 10.3. The Morgan fingerprint density at radius 3 is 2.68 bits per heavy atom. The smallest absolute Gasteiger partial charge is 0.321 e. The van der Waals surface area contributed by atoms with Gasteiger partial charge in [-0.3, -0.25) is 4.79 Å². The molecule has 1 aromatic carbocycles. The number of nitrogens with zero attached hydrogens (tertiary/aromatic N) is 1. The van der Waals surface area contributed by atoms with E-state index in [9.17, 15) is 9.59 Å². The minimum Gasteiger partial charge on any atom is -0.481 e. The first-order chi connectivity index (χ1) is 8.93. The SMILES string of the molecule is CCN(CCC(=O)O)C(=O)Nc1ccc(Cl)cc1I. The average Bonchev–Trinajstić information content (AvgIpc) is 2.33. The maximum Gasteiger partial charge on any atom is 0.321 e. The third-order valence-corrected chi connectivity index (χ3v) is 3.56. The standard InChI is InChI=1S/C12H14ClIN2O3/c1-2-16(6-5-11(17)18)12(19)15-10-4-3-8(13)7-9(10)14/h3-4,7H,2,5-6H2,1H3,(H,15,19)(H,17,18). The monoisotopic (exact) mass is 396 g/mol. The first-order valence-corrected chi connectivity index (χ1v) is 7.12. The van der Waals surface area contributed by atoms with Crippen molar-refractivity contribution >= 4 is 51.9 Å².